The molecule has 7 rings (SSSR count). The van der Waals surface area contributed by atoms with Crippen molar-refractivity contribution in [2.45, 2.75) is 174 Å². The normalized spacial score (nSPS) is 45.2. The standard InChI is InChI=1S/C42H69NO9/c1-25(21-28(49-9)34(37(5,6)48)51-26(2)44)27-22-31(45)39(8)30-12-11-29-36(3,4)32(13-16-40(29)24-41(30,40)18-17-38(27,39)7)52-33-23-43(19-20-50-33)42(35(46)47)14-10-15-42/h25,27-34,45,48H,10-24H2,1-9H3,(H,46,47)/t25-,27-,28?,29+,30?,31+,32?,33+,34+,38?,39-,40?,41?/m1/s1. The number of hydrogen-bond donors (Lipinski definition) is 3. The zero-order valence-corrected chi connectivity index (χ0v) is 33.5. The predicted octanol–water partition coefficient (Wildman–Crippen LogP) is 6.19. The van der Waals surface area contributed by atoms with E-state index in [1.54, 1.807) is 21.0 Å². The van der Waals surface area contributed by atoms with Gasteiger partial charge in [-0.3, -0.25) is 14.5 Å². The van der Waals surface area contributed by atoms with Crippen LogP contribution in [0.25, 0.3) is 0 Å². The Balaban J connectivity index is 1.07. The van der Waals surface area contributed by atoms with Gasteiger partial charge in [0.15, 0.2) is 12.4 Å². The summed E-state index contributed by atoms with van der Waals surface area (Å²) in [6.45, 7) is 18.4. The first kappa shape index (κ1) is 39.0. The first-order valence-corrected chi connectivity index (χ1v) is 20.6. The third-order valence-electron chi connectivity index (χ3n) is 17.6. The summed E-state index contributed by atoms with van der Waals surface area (Å²) in [5.41, 5.74) is -1.77. The zero-order chi connectivity index (χ0) is 37.9. The minimum Gasteiger partial charge on any atom is -0.480 e. The molecule has 0 amide bonds. The summed E-state index contributed by atoms with van der Waals surface area (Å²) in [5, 5.41) is 33.3. The third-order valence-corrected chi connectivity index (χ3v) is 17.6. The molecule has 0 bridgehead atoms. The maximum Gasteiger partial charge on any atom is 0.324 e. The molecule has 6 unspecified atom stereocenters. The monoisotopic (exact) mass is 731 g/mol. The van der Waals surface area contributed by atoms with Gasteiger partial charge in [-0.1, -0.05) is 34.6 Å². The van der Waals surface area contributed by atoms with Crippen molar-refractivity contribution in [1.82, 2.24) is 4.90 Å². The van der Waals surface area contributed by atoms with E-state index in [4.69, 9.17) is 18.9 Å². The quantitative estimate of drug-likeness (QED) is 0.211. The van der Waals surface area contributed by atoms with Crippen molar-refractivity contribution >= 4 is 11.9 Å². The molecule has 6 aliphatic carbocycles. The molecule has 1 heterocycles. The van der Waals surface area contributed by atoms with Crippen LogP contribution in [0.2, 0.25) is 0 Å². The van der Waals surface area contributed by atoms with Gasteiger partial charge in [-0.15, -0.1) is 0 Å². The molecule has 3 N–H and O–H groups in total. The highest BCUT2D eigenvalue weighted by Crippen LogP contribution is 2.89. The van der Waals surface area contributed by atoms with Gasteiger partial charge in [-0.2, -0.15) is 0 Å². The molecule has 10 nitrogen and oxygen atoms in total. The van der Waals surface area contributed by atoms with Crippen LogP contribution in [0.1, 0.15) is 132 Å². The van der Waals surface area contributed by atoms with Crippen molar-refractivity contribution in [3.8, 4) is 0 Å². The van der Waals surface area contributed by atoms with Crippen LogP contribution < -0.4 is 0 Å². The Morgan fingerprint density at radius 3 is 2.27 bits per heavy atom. The summed E-state index contributed by atoms with van der Waals surface area (Å²) >= 11 is 0. The number of hydrogen-bond acceptors (Lipinski definition) is 9. The second kappa shape index (κ2) is 12.9. The summed E-state index contributed by atoms with van der Waals surface area (Å²) in [4.78, 5) is 26.4. The second-order valence-corrected chi connectivity index (χ2v) is 20.3. The number of carbonyl (C=O) groups excluding carboxylic acids is 1. The van der Waals surface area contributed by atoms with Crippen molar-refractivity contribution in [2.24, 2.45) is 50.7 Å². The number of aliphatic hydroxyl groups is 2. The van der Waals surface area contributed by atoms with Crippen LogP contribution in [0.5, 0.6) is 0 Å². The molecule has 10 heteroatoms. The number of nitrogens with zero attached hydrogens (tertiary/aromatic N) is 1. The number of esters is 1. The number of methoxy groups -OCH3 is 1. The topological polar surface area (TPSA) is 135 Å². The average Bonchev–Trinajstić information content (AvgIpc) is 3.65. The van der Waals surface area contributed by atoms with Crippen LogP contribution in [0.4, 0.5) is 0 Å². The van der Waals surface area contributed by atoms with Gasteiger partial charge in [0.1, 0.15) is 5.54 Å². The second-order valence-electron chi connectivity index (χ2n) is 20.3. The predicted molar refractivity (Wildman–Crippen MR) is 195 cm³/mol. The fourth-order valence-electron chi connectivity index (χ4n) is 14.7. The molecule has 0 aromatic carbocycles. The van der Waals surface area contributed by atoms with E-state index in [2.05, 4.69) is 39.5 Å². The highest BCUT2D eigenvalue weighted by atomic mass is 16.7. The number of fused-ring (bicyclic) bond motifs is 2. The van der Waals surface area contributed by atoms with Gasteiger partial charge in [0, 0.05) is 26.0 Å². The van der Waals surface area contributed by atoms with Gasteiger partial charge in [0.25, 0.3) is 0 Å². The number of morpholine rings is 1. The third kappa shape index (κ3) is 5.44. The largest absolute Gasteiger partial charge is 0.480 e. The summed E-state index contributed by atoms with van der Waals surface area (Å²) in [6, 6.07) is 0. The lowest BCUT2D eigenvalue weighted by molar-refractivity contribution is -0.257. The van der Waals surface area contributed by atoms with Crippen LogP contribution in [-0.2, 0) is 28.5 Å². The maximum atomic E-state index is 12.3. The van der Waals surface area contributed by atoms with E-state index in [1.165, 1.54) is 19.8 Å². The molecule has 0 aromatic rings. The van der Waals surface area contributed by atoms with Crippen molar-refractivity contribution in [3.05, 3.63) is 0 Å². The van der Waals surface area contributed by atoms with Gasteiger partial charge in [0.2, 0.25) is 0 Å². The smallest absolute Gasteiger partial charge is 0.324 e. The molecule has 1 aliphatic heterocycles. The molecule has 0 radical (unpaired) electrons. The Labute approximate surface area is 312 Å². The molecule has 1 saturated heterocycles. The van der Waals surface area contributed by atoms with E-state index in [9.17, 15) is 24.9 Å². The number of carbonyl (C=O) groups is 2. The van der Waals surface area contributed by atoms with Gasteiger partial charge < -0.3 is 34.3 Å². The van der Waals surface area contributed by atoms with Gasteiger partial charge in [-0.25, -0.2) is 0 Å². The molecule has 0 aromatic heterocycles. The van der Waals surface area contributed by atoms with Crippen molar-refractivity contribution in [2.75, 3.05) is 26.8 Å². The van der Waals surface area contributed by atoms with Gasteiger partial charge >= 0.3 is 11.9 Å². The fraction of sp³-hybridized carbons (Fsp3) is 0.952. The Morgan fingerprint density at radius 2 is 1.67 bits per heavy atom. The maximum absolute atomic E-state index is 12.3. The molecular formula is C42H69NO9. The molecule has 52 heavy (non-hydrogen) atoms. The number of carboxylic acids is 1. The van der Waals surface area contributed by atoms with Crippen LogP contribution in [0.15, 0.2) is 0 Å². The van der Waals surface area contributed by atoms with E-state index in [-0.39, 0.29) is 51.1 Å². The molecule has 2 spiro atoms. The van der Waals surface area contributed by atoms with Crippen molar-refractivity contribution < 1.29 is 43.9 Å². The minimum absolute atomic E-state index is 0.0412. The number of aliphatic carboxylic acids is 1. The van der Waals surface area contributed by atoms with Crippen molar-refractivity contribution in [1.29, 1.82) is 0 Å². The van der Waals surface area contributed by atoms with Crippen molar-refractivity contribution in [3.63, 3.8) is 0 Å². The van der Waals surface area contributed by atoms with Crippen LogP contribution in [0, 0.1) is 50.7 Å². The van der Waals surface area contributed by atoms with E-state index in [0.29, 0.717) is 50.8 Å². The van der Waals surface area contributed by atoms with Gasteiger partial charge in [-0.05, 0) is 136 Å². The summed E-state index contributed by atoms with van der Waals surface area (Å²) in [5.74, 6) is 0.340. The van der Waals surface area contributed by atoms with E-state index in [1.807, 2.05) is 0 Å². The van der Waals surface area contributed by atoms with E-state index in [0.717, 1.165) is 44.9 Å². The Hall–Kier alpha value is -1.30. The number of ether oxygens (including phenoxy) is 4. The molecule has 13 atom stereocenters. The molecular weight excluding hydrogens is 662 g/mol. The SMILES string of the molecule is COC(C[C@@H](C)[C@H]1C[C@H](O)[C@@]2(C)C3CC[C@H]4C(C)(C)C(O[C@H]5CN(C6(C(=O)O)CCC6)CCO5)CCC45CC35CCC12C)[C@H](OC(C)=O)C(C)(C)O. The average molecular weight is 732 g/mol. The number of aliphatic hydroxyl groups excluding tert-OH is 1. The Kier molecular flexibility index (Phi) is 9.64. The lowest BCUT2D eigenvalue weighted by atomic mass is 9.41. The molecule has 7 fully saturated rings. The van der Waals surface area contributed by atoms with Crippen LogP contribution in [0.3, 0.4) is 0 Å². The highest BCUT2D eigenvalue weighted by molar-refractivity contribution is 5.80. The molecule has 6 saturated carbocycles. The number of carboxylic acid groups (broad SMARTS) is 1. The van der Waals surface area contributed by atoms with E-state index >= 15 is 0 Å². The first-order valence-electron chi connectivity index (χ1n) is 20.6. The Bertz CT molecular complexity index is 1390. The lowest BCUT2D eigenvalue weighted by Gasteiger charge is -2.64. The molecule has 296 valence electrons. The van der Waals surface area contributed by atoms with Crippen LogP contribution >= 0.6 is 0 Å². The highest BCUT2D eigenvalue weighted by Gasteiger charge is 2.83. The summed E-state index contributed by atoms with van der Waals surface area (Å²) in [7, 11) is 1.63. The first-order chi connectivity index (χ1) is 24.2. The fourth-order valence-corrected chi connectivity index (χ4v) is 14.7. The van der Waals surface area contributed by atoms with Gasteiger partial charge in [0.05, 0.1) is 37.1 Å². The summed E-state index contributed by atoms with van der Waals surface area (Å²) in [6.07, 6.45) is 9.73. The lowest BCUT2D eigenvalue weighted by Crippen LogP contribution is -2.64. The Morgan fingerprint density at radius 1 is 1.00 bits per heavy atom. The van der Waals surface area contributed by atoms with Crippen LogP contribution in [-0.4, -0.2) is 101 Å². The number of rotatable bonds is 11. The zero-order valence-electron chi connectivity index (χ0n) is 33.5. The van der Waals surface area contributed by atoms with E-state index < -0.39 is 41.6 Å². The summed E-state index contributed by atoms with van der Waals surface area (Å²) < 4.78 is 24.6. The molecule has 7 aliphatic rings. The minimum atomic E-state index is -1.25.